The first-order valence-electron chi connectivity index (χ1n) is 21.0. The van der Waals surface area contributed by atoms with Crippen LogP contribution in [0.5, 0.6) is 0 Å². The largest absolute Gasteiger partial charge is 0.490 e. The summed E-state index contributed by atoms with van der Waals surface area (Å²) in [5, 5.41) is 27.2. The van der Waals surface area contributed by atoms with Crippen LogP contribution in [0.15, 0.2) is 60.7 Å². The average Bonchev–Trinajstić information content (AvgIpc) is 3.79. The molecule has 0 radical (unpaired) electrons. The van der Waals surface area contributed by atoms with Crippen LogP contribution in [0.1, 0.15) is 81.0 Å². The number of benzene rings is 2. The number of piperidine rings is 1. The van der Waals surface area contributed by atoms with Crippen molar-refractivity contribution < 1.29 is 47.0 Å². The number of imide groups is 1. The normalized spacial score (nSPS) is 17.6. The third-order valence-electron chi connectivity index (χ3n) is 11.0. The lowest BCUT2D eigenvalue weighted by molar-refractivity contribution is -0.192. The van der Waals surface area contributed by atoms with Gasteiger partial charge in [-0.05, 0) is 145 Å². The Bertz CT molecular complexity index is 2220. The molecule has 344 valence electrons. The summed E-state index contributed by atoms with van der Waals surface area (Å²) >= 11 is 0. The van der Waals surface area contributed by atoms with Gasteiger partial charge in [0.1, 0.15) is 11.3 Å². The van der Waals surface area contributed by atoms with Crippen molar-refractivity contribution in [1.82, 2.24) is 41.1 Å². The van der Waals surface area contributed by atoms with E-state index in [2.05, 4.69) is 48.2 Å². The molecule has 2 aromatic heterocycles. The molecule has 3 heterocycles. The number of tetrazole rings is 1. The molecule has 1 aliphatic heterocycles. The van der Waals surface area contributed by atoms with Gasteiger partial charge in [-0.1, -0.05) is 30.3 Å². The standard InChI is InChI=1S/C42H54N10O5.C2HF3O2/c1-26-34(18-19-36(45-26)38(53)46-32-20-22-51(5)23-21-32)29-10-6-27(7-11-29)24-35(43)40(55)52(33-16-14-30(15-17-33)37-47-49-50-48-37)39(54)31-12-8-28(9-13-31)25-44-41(56)57-42(2,3)4;3-2(4,5)1(6)7/h6-7,10-11,14-19,28,31-32,35H,8-9,12-13,20-25,43H2,1-5H3,(H,44,56)(H,46,53)(H,47,48,49,50);(H,6,7)/t28-,31-,35-;/m0./s1. The predicted molar refractivity (Wildman–Crippen MR) is 230 cm³/mol. The number of carboxylic acid groups (broad SMARTS) is 1. The molecular weight excluding hydrogens is 838 g/mol. The number of aromatic amines is 1. The van der Waals surface area contributed by atoms with Crippen molar-refractivity contribution >= 4 is 35.5 Å². The van der Waals surface area contributed by atoms with Crippen LogP contribution in [0.4, 0.5) is 23.7 Å². The molecule has 17 nitrogen and oxygen atoms in total. The Balaban J connectivity index is 0.00000102. The molecule has 1 atom stereocenters. The lowest BCUT2D eigenvalue weighted by Gasteiger charge is -2.32. The Morgan fingerprint density at radius 3 is 2.08 bits per heavy atom. The number of aliphatic carboxylic acids is 1. The molecule has 2 aromatic carbocycles. The zero-order valence-electron chi connectivity index (χ0n) is 36.4. The minimum absolute atomic E-state index is 0.149. The Morgan fingerprint density at radius 1 is 0.922 bits per heavy atom. The first-order valence-corrected chi connectivity index (χ1v) is 21.0. The van der Waals surface area contributed by atoms with E-state index in [0.717, 1.165) is 48.3 Å². The van der Waals surface area contributed by atoms with Crippen LogP contribution >= 0.6 is 0 Å². The van der Waals surface area contributed by atoms with Gasteiger partial charge in [-0.3, -0.25) is 14.4 Å². The van der Waals surface area contributed by atoms with Gasteiger partial charge in [0.25, 0.3) is 11.8 Å². The van der Waals surface area contributed by atoms with Gasteiger partial charge < -0.3 is 31.1 Å². The van der Waals surface area contributed by atoms with Crippen molar-refractivity contribution in [3.05, 3.63) is 77.6 Å². The fourth-order valence-corrected chi connectivity index (χ4v) is 7.48. The number of likely N-dealkylation sites (tertiary alicyclic amines) is 1. The number of anilines is 1. The van der Waals surface area contributed by atoms with E-state index in [1.165, 1.54) is 4.90 Å². The maximum Gasteiger partial charge on any atom is 0.490 e. The molecule has 64 heavy (non-hydrogen) atoms. The Kier molecular flexibility index (Phi) is 16.3. The van der Waals surface area contributed by atoms with Gasteiger partial charge in [-0.2, -0.15) is 18.4 Å². The van der Waals surface area contributed by atoms with Crippen LogP contribution in [0.2, 0.25) is 0 Å². The summed E-state index contributed by atoms with van der Waals surface area (Å²) < 4.78 is 37.1. The number of nitrogens with one attached hydrogen (secondary N) is 3. The van der Waals surface area contributed by atoms with Crippen molar-refractivity contribution in [3.63, 3.8) is 0 Å². The number of carboxylic acids is 1. The van der Waals surface area contributed by atoms with E-state index in [-0.39, 0.29) is 30.2 Å². The number of hydrogen-bond acceptors (Lipinski definition) is 12. The number of ether oxygens (including phenoxy) is 1. The van der Waals surface area contributed by atoms with Crippen LogP contribution in [0, 0.1) is 18.8 Å². The van der Waals surface area contributed by atoms with Gasteiger partial charge in [-0.25, -0.2) is 19.5 Å². The van der Waals surface area contributed by atoms with Crippen molar-refractivity contribution in [2.45, 2.75) is 96.5 Å². The van der Waals surface area contributed by atoms with E-state index in [4.69, 9.17) is 20.4 Å². The second-order valence-corrected chi connectivity index (χ2v) is 17.1. The number of nitrogens with two attached hydrogens (primary N) is 1. The van der Waals surface area contributed by atoms with Crippen LogP contribution in [-0.4, -0.2) is 116 Å². The number of rotatable bonds is 11. The lowest BCUT2D eigenvalue weighted by Crippen LogP contribution is -2.50. The summed E-state index contributed by atoms with van der Waals surface area (Å²) in [5.74, 6) is -3.53. The molecule has 0 bridgehead atoms. The molecule has 0 spiro atoms. The van der Waals surface area contributed by atoms with Gasteiger partial charge in [-0.15, -0.1) is 10.2 Å². The number of nitrogens with zero attached hydrogens (tertiary/aromatic N) is 6. The number of pyridine rings is 1. The monoisotopic (exact) mass is 892 g/mol. The molecule has 4 aromatic rings. The second-order valence-electron chi connectivity index (χ2n) is 17.1. The summed E-state index contributed by atoms with van der Waals surface area (Å²) in [5.41, 5.74) is 10.9. The molecule has 4 amide bonds. The van der Waals surface area contributed by atoms with E-state index in [1.807, 2.05) is 58.0 Å². The van der Waals surface area contributed by atoms with Crippen molar-refractivity contribution in [2.24, 2.45) is 17.6 Å². The first-order chi connectivity index (χ1) is 30.2. The fourth-order valence-electron chi connectivity index (χ4n) is 7.48. The molecule has 0 unspecified atom stereocenters. The molecular formula is C44H55F3N10O7. The van der Waals surface area contributed by atoms with Crippen LogP contribution < -0.4 is 21.3 Å². The zero-order valence-corrected chi connectivity index (χ0v) is 36.4. The highest BCUT2D eigenvalue weighted by Gasteiger charge is 2.38. The molecule has 1 aliphatic carbocycles. The van der Waals surface area contributed by atoms with Gasteiger partial charge in [0.05, 0.1) is 11.7 Å². The van der Waals surface area contributed by atoms with E-state index in [1.54, 1.807) is 30.3 Å². The van der Waals surface area contributed by atoms with Crippen LogP contribution in [0.3, 0.4) is 0 Å². The highest BCUT2D eigenvalue weighted by Crippen LogP contribution is 2.32. The number of aryl methyl sites for hydroxylation is 1. The molecule has 6 N–H and O–H groups in total. The Morgan fingerprint density at radius 2 is 1.53 bits per heavy atom. The number of H-pyrrole nitrogens is 1. The predicted octanol–water partition coefficient (Wildman–Crippen LogP) is 5.46. The second kappa shape index (κ2) is 21.4. The molecule has 6 rings (SSSR count). The van der Waals surface area contributed by atoms with E-state index >= 15 is 0 Å². The SMILES string of the molecule is Cc1nc(C(=O)NC2CCN(C)CC2)ccc1-c1ccc(C[C@H](N)C(=O)N(c2ccc(-c3nn[nH]n3)cc2)C(=O)[C@H]2CC[C@H](CNC(=O)OC(C)(C)C)CC2)cc1.O=C(O)C(F)(F)F. The van der Waals surface area contributed by atoms with Gasteiger partial charge in [0, 0.05) is 35.3 Å². The van der Waals surface area contributed by atoms with Crippen LogP contribution in [-0.2, 0) is 25.5 Å². The number of halogens is 3. The third-order valence-corrected chi connectivity index (χ3v) is 11.0. The number of carbonyl (C=O) groups excluding carboxylic acids is 4. The first kappa shape index (κ1) is 48.7. The third kappa shape index (κ3) is 13.9. The molecule has 20 heteroatoms. The summed E-state index contributed by atoms with van der Waals surface area (Å²) in [4.78, 5) is 70.6. The number of carbonyl (C=O) groups is 5. The minimum Gasteiger partial charge on any atom is -0.475 e. The summed E-state index contributed by atoms with van der Waals surface area (Å²) in [6, 6.07) is 17.4. The highest BCUT2D eigenvalue weighted by molar-refractivity contribution is 6.17. The highest BCUT2D eigenvalue weighted by atomic mass is 19.4. The number of amides is 4. The van der Waals surface area contributed by atoms with Crippen LogP contribution in [0.25, 0.3) is 22.5 Å². The minimum atomic E-state index is -5.08. The van der Waals surface area contributed by atoms with Crippen molar-refractivity contribution in [2.75, 3.05) is 31.6 Å². The quantitative estimate of drug-likeness (QED) is 0.126. The van der Waals surface area contributed by atoms with E-state index in [9.17, 15) is 32.3 Å². The topological polar surface area (TPSA) is 239 Å². The maximum atomic E-state index is 14.2. The molecule has 2 aliphatic rings. The number of alkyl halides is 3. The summed E-state index contributed by atoms with van der Waals surface area (Å²) in [7, 11) is 2.09. The van der Waals surface area contributed by atoms with Crippen molar-refractivity contribution in [1.29, 1.82) is 0 Å². The fraction of sp³-hybridized carbons (Fsp3) is 0.477. The van der Waals surface area contributed by atoms with Gasteiger partial charge >= 0.3 is 18.2 Å². The Labute approximate surface area is 368 Å². The van der Waals surface area contributed by atoms with Crippen molar-refractivity contribution in [3.8, 4) is 22.5 Å². The number of aromatic nitrogens is 5. The van der Waals surface area contributed by atoms with E-state index in [0.29, 0.717) is 55.0 Å². The molecule has 1 saturated carbocycles. The van der Waals surface area contributed by atoms with Gasteiger partial charge in [0.15, 0.2) is 0 Å². The van der Waals surface area contributed by atoms with Gasteiger partial charge in [0.2, 0.25) is 11.7 Å². The van der Waals surface area contributed by atoms with E-state index < -0.39 is 41.7 Å². The lowest BCUT2D eigenvalue weighted by atomic mass is 9.81. The molecule has 1 saturated heterocycles. The summed E-state index contributed by atoms with van der Waals surface area (Å²) in [6.07, 6.45) is -0.929. The zero-order chi connectivity index (χ0) is 46.8. The average molecular weight is 893 g/mol. The Hall–Kier alpha value is -6.28. The summed E-state index contributed by atoms with van der Waals surface area (Å²) in [6.45, 7) is 9.71. The maximum absolute atomic E-state index is 14.2. The smallest absolute Gasteiger partial charge is 0.475 e. The number of alkyl carbamates (subject to hydrolysis) is 1. The number of hydrogen-bond donors (Lipinski definition) is 5. The molecule has 2 fully saturated rings.